The van der Waals surface area contributed by atoms with Gasteiger partial charge >= 0.3 is 5.97 Å². The van der Waals surface area contributed by atoms with E-state index in [1.54, 1.807) is 0 Å². The van der Waals surface area contributed by atoms with Crippen molar-refractivity contribution < 1.29 is 22.4 Å². The molecule has 2 rings (SSSR count). The Labute approximate surface area is 136 Å². The molecule has 0 amide bonds. The molecule has 0 aromatic carbocycles. The van der Waals surface area contributed by atoms with E-state index in [1.165, 1.54) is 24.4 Å². The molecule has 2 N–H and O–H groups in total. The summed E-state index contributed by atoms with van der Waals surface area (Å²) < 4.78 is 36.3. The minimum absolute atomic E-state index is 0. The third-order valence-electron chi connectivity index (χ3n) is 3.91. The SMILES string of the molecule is COC(=O)c1cc(S(=O)(=O)N2CCC(C)(CN)C2)oc1C.Cl. The van der Waals surface area contributed by atoms with Crippen LogP contribution in [0.25, 0.3) is 0 Å². The number of aryl methyl sites for hydroxylation is 1. The molecule has 9 heteroatoms. The van der Waals surface area contributed by atoms with Crippen molar-refractivity contribution in [2.75, 3.05) is 26.7 Å². The number of esters is 1. The fraction of sp³-hybridized carbons (Fsp3) is 0.615. The first kappa shape index (κ1) is 19.0. The zero-order valence-electron chi connectivity index (χ0n) is 12.8. The van der Waals surface area contributed by atoms with Gasteiger partial charge in [-0.2, -0.15) is 4.31 Å². The number of sulfonamides is 1. The van der Waals surface area contributed by atoms with Gasteiger partial charge in [0.15, 0.2) is 0 Å². The van der Waals surface area contributed by atoms with E-state index in [1.807, 2.05) is 6.92 Å². The number of nitrogens with two attached hydrogens (primary N) is 1. The Kier molecular flexibility index (Phi) is 5.66. The van der Waals surface area contributed by atoms with Crippen LogP contribution in [0.3, 0.4) is 0 Å². The summed E-state index contributed by atoms with van der Waals surface area (Å²) in [7, 11) is -2.53. The molecule has 2 heterocycles. The average molecular weight is 353 g/mol. The lowest BCUT2D eigenvalue weighted by molar-refractivity contribution is 0.0599. The van der Waals surface area contributed by atoms with Crippen molar-refractivity contribution in [3.63, 3.8) is 0 Å². The lowest BCUT2D eigenvalue weighted by Crippen LogP contribution is -2.34. The molecule has 7 nitrogen and oxygen atoms in total. The summed E-state index contributed by atoms with van der Waals surface area (Å²) in [5.74, 6) is -0.396. The first-order chi connectivity index (χ1) is 9.73. The van der Waals surface area contributed by atoms with Crippen molar-refractivity contribution >= 4 is 28.4 Å². The average Bonchev–Trinajstić information content (AvgIpc) is 3.03. The van der Waals surface area contributed by atoms with Crippen LogP contribution in [0, 0.1) is 12.3 Å². The second-order valence-electron chi connectivity index (χ2n) is 5.63. The number of carbonyl (C=O) groups excluding carboxylic acids is 1. The number of nitrogens with zero attached hydrogens (tertiary/aromatic N) is 1. The first-order valence-electron chi connectivity index (χ1n) is 6.62. The molecule has 0 radical (unpaired) electrons. The molecule has 1 atom stereocenters. The van der Waals surface area contributed by atoms with Gasteiger partial charge in [0.2, 0.25) is 5.09 Å². The number of ether oxygens (including phenoxy) is 1. The number of carbonyl (C=O) groups is 1. The van der Waals surface area contributed by atoms with Crippen molar-refractivity contribution in [2.24, 2.45) is 11.1 Å². The quantitative estimate of drug-likeness (QED) is 0.815. The molecular weight excluding hydrogens is 332 g/mol. The smallest absolute Gasteiger partial charge is 0.341 e. The van der Waals surface area contributed by atoms with E-state index >= 15 is 0 Å². The number of furan rings is 1. The molecule has 0 aliphatic carbocycles. The van der Waals surface area contributed by atoms with Gasteiger partial charge in [-0.1, -0.05) is 6.92 Å². The number of halogens is 1. The predicted molar refractivity (Wildman–Crippen MR) is 82.6 cm³/mol. The van der Waals surface area contributed by atoms with Crippen LogP contribution in [0.5, 0.6) is 0 Å². The molecule has 22 heavy (non-hydrogen) atoms. The van der Waals surface area contributed by atoms with Crippen LogP contribution in [-0.2, 0) is 14.8 Å². The van der Waals surface area contributed by atoms with Crippen LogP contribution in [0.4, 0.5) is 0 Å². The van der Waals surface area contributed by atoms with Crippen LogP contribution >= 0.6 is 12.4 Å². The van der Waals surface area contributed by atoms with Gasteiger partial charge in [-0.05, 0) is 25.3 Å². The topological polar surface area (TPSA) is 103 Å². The third-order valence-corrected chi connectivity index (χ3v) is 5.61. The van der Waals surface area contributed by atoms with E-state index in [4.69, 9.17) is 10.2 Å². The molecule has 0 spiro atoms. The van der Waals surface area contributed by atoms with Gasteiger partial charge in [-0.25, -0.2) is 13.2 Å². The summed E-state index contributed by atoms with van der Waals surface area (Å²) in [5.41, 5.74) is 5.59. The maximum absolute atomic E-state index is 12.6. The maximum Gasteiger partial charge on any atom is 0.341 e. The van der Waals surface area contributed by atoms with Crippen LogP contribution in [-0.4, -0.2) is 45.4 Å². The molecule has 1 saturated heterocycles. The Bertz CT molecular complexity index is 657. The second kappa shape index (κ2) is 6.57. The summed E-state index contributed by atoms with van der Waals surface area (Å²) in [5, 5.41) is -0.235. The van der Waals surface area contributed by atoms with Crippen molar-refractivity contribution in [3.8, 4) is 0 Å². The van der Waals surface area contributed by atoms with Gasteiger partial charge in [0.25, 0.3) is 10.0 Å². The van der Waals surface area contributed by atoms with Gasteiger partial charge in [0.1, 0.15) is 11.3 Å². The Morgan fingerprint density at radius 2 is 2.18 bits per heavy atom. The highest BCUT2D eigenvalue weighted by Gasteiger charge is 2.40. The second-order valence-corrected chi connectivity index (χ2v) is 7.50. The van der Waals surface area contributed by atoms with Gasteiger partial charge in [-0.3, -0.25) is 0 Å². The van der Waals surface area contributed by atoms with Gasteiger partial charge in [0.05, 0.1) is 7.11 Å². The van der Waals surface area contributed by atoms with Gasteiger partial charge in [0, 0.05) is 19.2 Å². The van der Waals surface area contributed by atoms with Crippen molar-refractivity contribution in [1.29, 1.82) is 0 Å². The fourth-order valence-electron chi connectivity index (χ4n) is 2.37. The van der Waals surface area contributed by atoms with E-state index in [9.17, 15) is 13.2 Å². The highest BCUT2D eigenvalue weighted by Crippen LogP contribution is 2.33. The number of rotatable bonds is 4. The van der Waals surface area contributed by atoms with E-state index in [-0.39, 0.29) is 34.2 Å². The number of hydrogen-bond donors (Lipinski definition) is 1. The summed E-state index contributed by atoms with van der Waals surface area (Å²) in [6.07, 6.45) is 0.701. The number of methoxy groups -OCH3 is 1. The molecule has 1 unspecified atom stereocenters. The van der Waals surface area contributed by atoms with E-state index < -0.39 is 16.0 Å². The minimum atomic E-state index is -3.76. The van der Waals surface area contributed by atoms with Crippen LogP contribution in [0.15, 0.2) is 15.6 Å². The van der Waals surface area contributed by atoms with Gasteiger partial charge in [-0.15, -0.1) is 12.4 Å². The Morgan fingerprint density at radius 3 is 2.68 bits per heavy atom. The zero-order chi connectivity index (χ0) is 15.8. The summed E-state index contributed by atoms with van der Waals surface area (Å²) in [6, 6.07) is 1.22. The normalized spacial score (nSPS) is 22.4. The van der Waals surface area contributed by atoms with Crippen molar-refractivity contribution in [2.45, 2.75) is 25.4 Å². The molecule has 1 fully saturated rings. The predicted octanol–water partition coefficient (Wildman–Crippen LogP) is 1.16. The standard InChI is InChI=1S/C13H20N2O5S.ClH/c1-9-10(12(16)19-3)6-11(20-9)21(17,18)15-5-4-13(2,7-14)8-15;/h6H,4-5,7-8,14H2,1-3H3;1H. The maximum atomic E-state index is 12.6. The molecule has 1 aromatic rings. The lowest BCUT2D eigenvalue weighted by Gasteiger charge is -2.21. The van der Waals surface area contributed by atoms with Crippen molar-refractivity contribution in [3.05, 3.63) is 17.4 Å². The summed E-state index contributed by atoms with van der Waals surface area (Å²) >= 11 is 0. The lowest BCUT2D eigenvalue weighted by atomic mass is 9.90. The molecule has 0 bridgehead atoms. The highest BCUT2D eigenvalue weighted by molar-refractivity contribution is 7.89. The Balaban J connectivity index is 0.00000242. The summed E-state index contributed by atoms with van der Waals surface area (Å²) in [4.78, 5) is 11.5. The fourth-order valence-corrected chi connectivity index (χ4v) is 3.94. The zero-order valence-corrected chi connectivity index (χ0v) is 14.4. The molecule has 1 aliphatic heterocycles. The molecular formula is C13H21ClN2O5S. The Hall–Kier alpha value is -1.09. The van der Waals surface area contributed by atoms with Crippen LogP contribution in [0.2, 0.25) is 0 Å². The van der Waals surface area contributed by atoms with Crippen LogP contribution < -0.4 is 5.73 Å². The largest absolute Gasteiger partial charge is 0.465 e. The van der Waals surface area contributed by atoms with Crippen LogP contribution in [0.1, 0.15) is 29.5 Å². The Morgan fingerprint density at radius 1 is 1.55 bits per heavy atom. The highest BCUT2D eigenvalue weighted by atomic mass is 35.5. The molecule has 126 valence electrons. The third kappa shape index (κ3) is 3.29. The summed E-state index contributed by atoms with van der Waals surface area (Å²) in [6.45, 7) is 4.64. The molecule has 1 aliphatic rings. The first-order valence-corrected chi connectivity index (χ1v) is 8.06. The monoisotopic (exact) mass is 352 g/mol. The van der Waals surface area contributed by atoms with Gasteiger partial charge < -0.3 is 14.9 Å². The van der Waals surface area contributed by atoms with E-state index in [2.05, 4.69) is 4.74 Å². The molecule has 1 aromatic heterocycles. The van der Waals surface area contributed by atoms with E-state index in [0.717, 1.165) is 0 Å². The van der Waals surface area contributed by atoms with E-state index in [0.29, 0.717) is 26.1 Å². The minimum Gasteiger partial charge on any atom is -0.465 e. The van der Waals surface area contributed by atoms with Crippen molar-refractivity contribution in [1.82, 2.24) is 4.31 Å². The number of hydrogen-bond acceptors (Lipinski definition) is 6. The molecule has 0 saturated carbocycles.